The summed E-state index contributed by atoms with van der Waals surface area (Å²) < 4.78 is 22.5. The van der Waals surface area contributed by atoms with Gasteiger partial charge < -0.3 is 18.9 Å². The van der Waals surface area contributed by atoms with E-state index in [1.165, 1.54) is 32.1 Å². The number of fused-ring (bicyclic) bond motifs is 3. The Kier molecular flexibility index (Phi) is 9.82. The highest BCUT2D eigenvalue weighted by Crippen LogP contribution is 2.40. The summed E-state index contributed by atoms with van der Waals surface area (Å²) in [6.07, 6.45) is 9.63. The molecule has 2 aliphatic rings. The molecule has 0 bridgehead atoms. The predicted molar refractivity (Wildman–Crippen MR) is 175 cm³/mol. The summed E-state index contributed by atoms with van der Waals surface area (Å²) in [6, 6.07) is 23.5. The number of aryl methyl sites for hydroxylation is 1. The molecule has 232 valence electrons. The van der Waals surface area contributed by atoms with Gasteiger partial charge in [0.05, 0.1) is 30.4 Å². The molecule has 0 N–H and O–H groups in total. The third-order valence-corrected chi connectivity index (χ3v) is 8.74. The number of unbranched alkanes of at least 4 members (excludes halogenated alkanes) is 5. The number of halogens is 1. The smallest absolute Gasteiger partial charge is 0.343 e. The fraction of sp³-hybridized carbons (Fsp3) is 0.316. The Morgan fingerprint density at radius 3 is 1.89 bits per heavy atom. The maximum absolute atomic E-state index is 12.9. The van der Waals surface area contributed by atoms with E-state index < -0.39 is 11.9 Å². The van der Waals surface area contributed by atoms with Crippen LogP contribution in [0.1, 0.15) is 82.4 Å². The number of ether oxygens (including phenoxy) is 4. The summed E-state index contributed by atoms with van der Waals surface area (Å²) in [4.78, 5) is 25.5. The highest BCUT2D eigenvalue weighted by atomic mass is 35.5. The zero-order valence-corrected chi connectivity index (χ0v) is 26.2. The SMILES string of the molecule is Cc1ccc(C(=O)Oc2ccc3c(c2)Cc2cc(OC(=O)c4ccc(OCCCCCCCCC5CO5)cc4)ccc2-3)cc1Cl. The van der Waals surface area contributed by atoms with Crippen molar-refractivity contribution in [3.63, 3.8) is 0 Å². The molecule has 1 atom stereocenters. The summed E-state index contributed by atoms with van der Waals surface area (Å²) in [5.41, 5.74) is 5.97. The third kappa shape index (κ3) is 8.13. The predicted octanol–water partition coefficient (Wildman–Crippen LogP) is 9.17. The number of hydrogen-bond donors (Lipinski definition) is 0. The van der Waals surface area contributed by atoms with Gasteiger partial charge in [-0.1, -0.05) is 61.9 Å². The van der Waals surface area contributed by atoms with Gasteiger partial charge in [-0.25, -0.2) is 9.59 Å². The molecular weight excluding hydrogens is 588 g/mol. The van der Waals surface area contributed by atoms with Crippen LogP contribution in [-0.4, -0.2) is 31.3 Å². The number of carbonyl (C=O) groups excluding carboxylic acids is 2. The molecule has 0 radical (unpaired) electrons. The fourth-order valence-electron chi connectivity index (χ4n) is 5.64. The standard InChI is InChI=1S/C38H37ClO6/c1-25-9-10-27(23-36(25)39)38(41)45-32-16-18-35-29(22-32)20-28-21-31(15-17-34(28)35)44-37(40)26-11-13-30(14-12-26)42-19-7-5-3-2-4-6-8-33-24-43-33/h9-18,21-23,33H,2-8,19-20,24H2,1H3. The van der Waals surface area contributed by atoms with Crippen molar-refractivity contribution >= 4 is 23.5 Å². The van der Waals surface area contributed by atoms with E-state index in [1.807, 2.05) is 43.3 Å². The van der Waals surface area contributed by atoms with Crippen LogP contribution in [0.3, 0.4) is 0 Å². The number of esters is 2. The van der Waals surface area contributed by atoms with Crippen molar-refractivity contribution in [3.05, 3.63) is 112 Å². The summed E-state index contributed by atoms with van der Waals surface area (Å²) in [6.45, 7) is 3.51. The van der Waals surface area contributed by atoms with Gasteiger partial charge in [0, 0.05) is 5.02 Å². The topological polar surface area (TPSA) is 74.4 Å². The van der Waals surface area contributed by atoms with Crippen LogP contribution in [-0.2, 0) is 11.2 Å². The lowest BCUT2D eigenvalue weighted by Gasteiger charge is -2.09. The first-order valence-corrected chi connectivity index (χ1v) is 16.1. The zero-order chi connectivity index (χ0) is 31.2. The number of rotatable bonds is 14. The molecule has 7 heteroatoms. The first-order valence-electron chi connectivity index (χ1n) is 15.7. The van der Waals surface area contributed by atoms with Crippen LogP contribution in [0.15, 0.2) is 78.9 Å². The lowest BCUT2D eigenvalue weighted by atomic mass is 10.1. The van der Waals surface area contributed by atoms with Gasteiger partial charge in [0.1, 0.15) is 17.2 Å². The van der Waals surface area contributed by atoms with Gasteiger partial charge in [-0.2, -0.15) is 0 Å². The summed E-state index contributed by atoms with van der Waals surface area (Å²) in [5.74, 6) is 0.816. The Labute approximate surface area is 269 Å². The molecule has 0 aromatic heterocycles. The van der Waals surface area contributed by atoms with Crippen molar-refractivity contribution < 1.29 is 28.5 Å². The van der Waals surface area contributed by atoms with Crippen molar-refractivity contribution in [2.75, 3.05) is 13.2 Å². The Morgan fingerprint density at radius 2 is 1.27 bits per heavy atom. The molecule has 1 saturated heterocycles. The Morgan fingerprint density at radius 1 is 0.711 bits per heavy atom. The monoisotopic (exact) mass is 624 g/mol. The van der Waals surface area contributed by atoms with E-state index >= 15 is 0 Å². The first kappa shape index (κ1) is 30.9. The summed E-state index contributed by atoms with van der Waals surface area (Å²) >= 11 is 6.17. The van der Waals surface area contributed by atoms with E-state index in [-0.39, 0.29) is 0 Å². The van der Waals surface area contributed by atoms with Crippen molar-refractivity contribution in [1.82, 2.24) is 0 Å². The molecular formula is C38H37ClO6. The Hall–Kier alpha value is -4.13. The molecule has 45 heavy (non-hydrogen) atoms. The molecule has 4 aromatic carbocycles. The van der Waals surface area contributed by atoms with Crippen molar-refractivity contribution in [2.45, 2.75) is 64.4 Å². The number of carbonyl (C=O) groups is 2. The van der Waals surface area contributed by atoms with Crippen molar-refractivity contribution in [3.8, 4) is 28.4 Å². The molecule has 0 saturated carbocycles. The van der Waals surface area contributed by atoms with Gasteiger partial charge in [-0.05, 0) is 115 Å². The van der Waals surface area contributed by atoms with Crippen LogP contribution in [0.5, 0.6) is 17.2 Å². The minimum atomic E-state index is -0.460. The average Bonchev–Trinajstić information content (AvgIpc) is 3.80. The van der Waals surface area contributed by atoms with Crippen LogP contribution in [0.25, 0.3) is 11.1 Å². The lowest BCUT2D eigenvalue weighted by Crippen LogP contribution is -2.08. The molecule has 0 amide bonds. The molecule has 0 spiro atoms. The van der Waals surface area contributed by atoms with Crippen molar-refractivity contribution in [2.24, 2.45) is 0 Å². The molecule has 1 unspecified atom stereocenters. The van der Waals surface area contributed by atoms with Gasteiger partial charge >= 0.3 is 11.9 Å². The van der Waals surface area contributed by atoms with Gasteiger partial charge in [-0.3, -0.25) is 0 Å². The normalized spacial score (nSPS) is 14.4. The van der Waals surface area contributed by atoms with Gasteiger partial charge in [0.25, 0.3) is 0 Å². The molecule has 6 nitrogen and oxygen atoms in total. The lowest BCUT2D eigenvalue weighted by molar-refractivity contribution is 0.0725. The van der Waals surface area contributed by atoms with E-state index in [0.29, 0.717) is 46.8 Å². The Balaban J connectivity index is 0.965. The number of hydrogen-bond acceptors (Lipinski definition) is 6. The second-order valence-corrected chi connectivity index (χ2v) is 12.2. The minimum Gasteiger partial charge on any atom is -0.494 e. The first-order chi connectivity index (χ1) is 21.9. The van der Waals surface area contributed by atoms with E-state index in [9.17, 15) is 9.59 Å². The maximum Gasteiger partial charge on any atom is 0.343 e. The maximum atomic E-state index is 12.9. The average molecular weight is 625 g/mol. The van der Waals surface area contributed by atoms with E-state index in [0.717, 1.165) is 53.0 Å². The Bertz CT molecular complexity index is 1670. The molecule has 1 fully saturated rings. The summed E-state index contributed by atoms with van der Waals surface area (Å²) in [7, 11) is 0. The zero-order valence-electron chi connectivity index (χ0n) is 25.5. The van der Waals surface area contributed by atoms with Gasteiger partial charge in [0.2, 0.25) is 0 Å². The molecule has 6 rings (SSSR count). The van der Waals surface area contributed by atoms with Crippen LogP contribution >= 0.6 is 11.6 Å². The fourth-order valence-corrected chi connectivity index (χ4v) is 5.82. The second kappa shape index (κ2) is 14.3. The van der Waals surface area contributed by atoms with Gasteiger partial charge in [0.15, 0.2) is 0 Å². The largest absolute Gasteiger partial charge is 0.494 e. The van der Waals surface area contributed by atoms with E-state index in [1.54, 1.807) is 42.5 Å². The third-order valence-electron chi connectivity index (χ3n) is 8.33. The highest BCUT2D eigenvalue weighted by molar-refractivity contribution is 6.31. The van der Waals surface area contributed by atoms with Crippen molar-refractivity contribution in [1.29, 1.82) is 0 Å². The molecule has 1 aliphatic carbocycles. The molecule has 4 aromatic rings. The van der Waals surface area contributed by atoms with Crippen LogP contribution < -0.4 is 14.2 Å². The van der Waals surface area contributed by atoms with E-state index in [2.05, 4.69) is 0 Å². The molecule has 1 aliphatic heterocycles. The number of benzene rings is 4. The minimum absolute atomic E-state index is 0.398. The van der Waals surface area contributed by atoms with Crippen LogP contribution in [0, 0.1) is 6.92 Å². The highest BCUT2D eigenvalue weighted by Gasteiger charge is 2.22. The second-order valence-electron chi connectivity index (χ2n) is 11.8. The molecule has 1 heterocycles. The van der Waals surface area contributed by atoms with Crippen LogP contribution in [0.2, 0.25) is 5.02 Å². The van der Waals surface area contributed by atoms with Gasteiger partial charge in [-0.15, -0.1) is 0 Å². The van der Waals surface area contributed by atoms with Crippen LogP contribution in [0.4, 0.5) is 0 Å². The summed E-state index contributed by atoms with van der Waals surface area (Å²) in [5, 5.41) is 0.522. The van der Waals surface area contributed by atoms with E-state index in [4.69, 9.17) is 30.5 Å². The quantitative estimate of drug-likeness (QED) is 0.0531. The number of epoxide rings is 1.